The quantitative estimate of drug-likeness (QED) is 0.563. The molecule has 172 valence electrons. The van der Waals surface area contributed by atoms with Crippen molar-refractivity contribution < 1.29 is 22.5 Å². The van der Waals surface area contributed by atoms with Crippen LogP contribution in [0.2, 0.25) is 0 Å². The van der Waals surface area contributed by atoms with Gasteiger partial charge in [-0.2, -0.15) is 4.98 Å². The lowest BCUT2D eigenvalue weighted by Gasteiger charge is -2.33. The van der Waals surface area contributed by atoms with Crippen LogP contribution in [0.4, 0.5) is 13.2 Å². The van der Waals surface area contributed by atoms with Crippen molar-refractivity contribution in [3.8, 4) is 11.4 Å². The zero-order valence-electron chi connectivity index (χ0n) is 17.8. The number of hydrogen-bond donors (Lipinski definition) is 1. The van der Waals surface area contributed by atoms with Crippen molar-refractivity contribution in [3.05, 3.63) is 71.4 Å². The lowest BCUT2D eigenvalue weighted by atomic mass is 9.97. The van der Waals surface area contributed by atoms with E-state index in [4.69, 9.17) is 10.3 Å². The SMILES string of the molecule is N[C@@H](CC(=O)N1C2CCC(C2)[C@@H]1c1nc(-c2ccccc2)no1)Cc1cc(F)c(F)cc1F. The van der Waals surface area contributed by atoms with Gasteiger partial charge in [0, 0.05) is 30.1 Å². The van der Waals surface area contributed by atoms with E-state index in [2.05, 4.69) is 10.1 Å². The Morgan fingerprint density at radius 1 is 1.12 bits per heavy atom. The van der Waals surface area contributed by atoms with Gasteiger partial charge in [0.2, 0.25) is 17.6 Å². The highest BCUT2D eigenvalue weighted by molar-refractivity contribution is 5.78. The fraction of sp³-hybridized carbons (Fsp3) is 0.375. The Balaban J connectivity index is 1.32. The molecule has 2 fully saturated rings. The average molecular weight is 456 g/mol. The highest BCUT2D eigenvalue weighted by atomic mass is 19.2. The second-order valence-electron chi connectivity index (χ2n) is 8.82. The first-order chi connectivity index (χ1) is 15.9. The second-order valence-corrected chi connectivity index (χ2v) is 8.82. The van der Waals surface area contributed by atoms with E-state index >= 15 is 0 Å². The molecule has 33 heavy (non-hydrogen) atoms. The van der Waals surface area contributed by atoms with E-state index in [0.717, 1.165) is 30.9 Å². The number of aromatic nitrogens is 2. The van der Waals surface area contributed by atoms with Gasteiger partial charge in [-0.05, 0) is 43.2 Å². The Kier molecular flexibility index (Phi) is 5.65. The van der Waals surface area contributed by atoms with Crippen LogP contribution in [0.5, 0.6) is 0 Å². The summed E-state index contributed by atoms with van der Waals surface area (Å²) in [6.07, 6.45) is 2.57. The van der Waals surface area contributed by atoms with Gasteiger partial charge in [0.1, 0.15) is 11.9 Å². The molecule has 1 amide bonds. The molecule has 2 aromatic carbocycles. The lowest BCUT2D eigenvalue weighted by molar-refractivity contribution is -0.136. The Hall–Kier alpha value is -3.20. The molecule has 1 aliphatic carbocycles. The first-order valence-corrected chi connectivity index (χ1v) is 11.0. The number of carbonyl (C=O) groups excluding carboxylic acids is 1. The Bertz CT molecular complexity index is 1170. The largest absolute Gasteiger partial charge is 0.337 e. The molecule has 0 radical (unpaired) electrons. The van der Waals surface area contributed by atoms with Crippen LogP contribution >= 0.6 is 0 Å². The first-order valence-electron chi connectivity index (χ1n) is 11.0. The fourth-order valence-electron chi connectivity index (χ4n) is 5.13. The van der Waals surface area contributed by atoms with Crippen LogP contribution < -0.4 is 5.73 Å². The summed E-state index contributed by atoms with van der Waals surface area (Å²) in [7, 11) is 0. The molecule has 2 heterocycles. The molecule has 9 heteroatoms. The smallest absolute Gasteiger partial charge is 0.250 e. The van der Waals surface area contributed by atoms with E-state index in [-0.39, 0.29) is 42.3 Å². The Morgan fingerprint density at radius 3 is 2.67 bits per heavy atom. The molecule has 1 saturated carbocycles. The van der Waals surface area contributed by atoms with Crippen molar-refractivity contribution in [1.82, 2.24) is 15.0 Å². The second kappa shape index (κ2) is 8.62. The van der Waals surface area contributed by atoms with Crippen LogP contribution in [-0.4, -0.2) is 33.0 Å². The monoisotopic (exact) mass is 456 g/mol. The minimum absolute atomic E-state index is 0.0573. The van der Waals surface area contributed by atoms with Gasteiger partial charge in [0.25, 0.3) is 0 Å². The fourth-order valence-corrected chi connectivity index (χ4v) is 5.13. The lowest BCUT2D eigenvalue weighted by Crippen LogP contribution is -2.43. The molecule has 2 unspecified atom stereocenters. The third-order valence-electron chi connectivity index (χ3n) is 6.61. The molecule has 6 nitrogen and oxygen atoms in total. The number of benzene rings is 2. The molecule has 1 aromatic heterocycles. The molecule has 4 atom stereocenters. The summed E-state index contributed by atoms with van der Waals surface area (Å²) in [5.74, 6) is -2.39. The van der Waals surface area contributed by atoms with Gasteiger partial charge in [-0.25, -0.2) is 13.2 Å². The van der Waals surface area contributed by atoms with Gasteiger partial charge in [-0.3, -0.25) is 4.79 Å². The van der Waals surface area contributed by atoms with Gasteiger partial charge in [-0.1, -0.05) is 35.5 Å². The third-order valence-corrected chi connectivity index (χ3v) is 6.61. The van der Waals surface area contributed by atoms with Gasteiger partial charge in [0.05, 0.1) is 0 Å². The minimum Gasteiger partial charge on any atom is -0.337 e. The molecule has 5 rings (SSSR count). The number of rotatable bonds is 6. The molecular weight excluding hydrogens is 433 g/mol. The van der Waals surface area contributed by atoms with Crippen LogP contribution in [0.15, 0.2) is 47.0 Å². The van der Waals surface area contributed by atoms with Gasteiger partial charge >= 0.3 is 0 Å². The number of hydrogen-bond acceptors (Lipinski definition) is 5. The summed E-state index contributed by atoms with van der Waals surface area (Å²) < 4.78 is 46.2. The summed E-state index contributed by atoms with van der Waals surface area (Å²) in [5, 5.41) is 4.09. The van der Waals surface area contributed by atoms with Crippen LogP contribution in [0.1, 0.15) is 43.2 Å². The number of halogens is 3. The summed E-state index contributed by atoms with van der Waals surface area (Å²) in [4.78, 5) is 19.6. The first kappa shape index (κ1) is 21.6. The molecule has 0 spiro atoms. The van der Waals surface area contributed by atoms with Gasteiger partial charge < -0.3 is 15.2 Å². The molecule has 1 aliphatic heterocycles. The average Bonchev–Trinajstić information content (AvgIpc) is 3.54. The van der Waals surface area contributed by atoms with Crippen LogP contribution in [0.3, 0.4) is 0 Å². The molecule has 3 aromatic rings. The Morgan fingerprint density at radius 2 is 1.88 bits per heavy atom. The maximum absolute atomic E-state index is 14.0. The van der Waals surface area contributed by atoms with Crippen LogP contribution in [-0.2, 0) is 11.2 Å². The highest BCUT2D eigenvalue weighted by Crippen LogP contribution is 2.50. The normalized spacial score (nSPS) is 22.7. The van der Waals surface area contributed by atoms with E-state index in [1.54, 1.807) is 4.90 Å². The number of piperidine rings is 1. The third kappa shape index (κ3) is 4.13. The Labute approximate surface area is 188 Å². The molecule has 1 saturated heterocycles. The summed E-state index contributed by atoms with van der Waals surface area (Å²) >= 11 is 0. The predicted octanol–water partition coefficient (Wildman–Crippen LogP) is 4.17. The topological polar surface area (TPSA) is 85.3 Å². The van der Waals surface area contributed by atoms with E-state index in [9.17, 15) is 18.0 Å². The van der Waals surface area contributed by atoms with E-state index in [1.807, 2.05) is 30.3 Å². The van der Waals surface area contributed by atoms with Crippen LogP contribution in [0.25, 0.3) is 11.4 Å². The van der Waals surface area contributed by atoms with Gasteiger partial charge in [-0.15, -0.1) is 0 Å². The maximum Gasteiger partial charge on any atom is 0.250 e. The molecule has 2 N–H and O–H groups in total. The van der Waals surface area contributed by atoms with Crippen molar-refractivity contribution in [2.45, 2.75) is 50.2 Å². The summed E-state index contributed by atoms with van der Waals surface area (Å²) in [6.45, 7) is 0. The zero-order valence-corrected chi connectivity index (χ0v) is 17.8. The van der Waals surface area contributed by atoms with Crippen molar-refractivity contribution in [3.63, 3.8) is 0 Å². The van der Waals surface area contributed by atoms with Crippen LogP contribution in [0, 0.1) is 23.4 Å². The van der Waals surface area contributed by atoms with Crippen molar-refractivity contribution in [2.75, 3.05) is 0 Å². The number of likely N-dealkylation sites (tertiary alicyclic amines) is 1. The highest BCUT2D eigenvalue weighted by Gasteiger charge is 2.51. The predicted molar refractivity (Wildman–Crippen MR) is 113 cm³/mol. The maximum atomic E-state index is 14.0. The zero-order chi connectivity index (χ0) is 23.1. The number of nitrogens with zero attached hydrogens (tertiary/aromatic N) is 3. The minimum atomic E-state index is -1.26. The standard InChI is InChI=1S/C24H23F3N4O2/c25-18-12-20(27)19(26)10-15(18)8-16(28)11-21(32)31-17-7-6-14(9-17)22(31)24-29-23(30-33-24)13-4-2-1-3-5-13/h1-5,10,12,14,16-17,22H,6-9,11,28H2/t14?,16-,17?,22-/m1/s1. The van der Waals surface area contributed by atoms with Crippen molar-refractivity contribution in [1.29, 1.82) is 0 Å². The molecule has 2 bridgehead atoms. The van der Waals surface area contributed by atoms with E-state index in [1.165, 1.54) is 0 Å². The number of amides is 1. The summed E-state index contributed by atoms with van der Waals surface area (Å²) in [6, 6.07) is 9.71. The molecular formula is C24H23F3N4O2. The number of carbonyl (C=O) groups is 1. The van der Waals surface area contributed by atoms with Crippen molar-refractivity contribution in [2.24, 2.45) is 11.7 Å². The summed E-state index contributed by atoms with van der Waals surface area (Å²) in [5.41, 5.74) is 6.88. The van der Waals surface area contributed by atoms with E-state index in [0.29, 0.717) is 17.8 Å². The molecule has 2 aliphatic rings. The van der Waals surface area contributed by atoms with E-state index < -0.39 is 23.5 Å². The number of fused-ring (bicyclic) bond motifs is 2. The number of nitrogens with two attached hydrogens (primary N) is 1. The van der Waals surface area contributed by atoms with Crippen molar-refractivity contribution >= 4 is 5.91 Å². The van der Waals surface area contributed by atoms with Gasteiger partial charge in [0.15, 0.2) is 11.6 Å².